The van der Waals surface area contributed by atoms with Gasteiger partial charge in [-0.05, 0) is 47.9 Å². The highest BCUT2D eigenvalue weighted by Crippen LogP contribution is 2.31. The first kappa shape index (κ1) is 15.9. The number of alkyl halides is 2. The molecule has 0 aromatic heterocycles. The Balaban J connectivity index is 1.74. The second kappa shape index (κ2) is 6.66. The van der Waals surface area contributed by atoms with Crippen molar-refractivity contribution >= 4 is 27.5 Å². The van der Waals surface area contributed by atoms with Crippen LogP contribution in [0.15, 0.2) is 46.9 Å². The molecule has 0 saturated heterocycles. The Morgan fingerprint density at radius 1 is 1.26 bits per heavy atom. The number of halogens is 3. The zero-order valence-electron chi connectivity index (χ0n) is 12.1. The molecule has 0 unspecified atom stereocenters. The van der Waals surface area contributed by atoms with Crippen LogP contribution in [0.3, 0.4) is 0 Å². The minimum absolute atomic E-state index is 0.0553. The average molecular weight is 382 g/mol. The van der Waals surface area contributed by atoms with Crippen LogP contribution in [-0.2, 0) is 17.6 Å². The molecule has 3 rings (SSSR count). The lowest BCUT2D eigenvalue weighted by Gasteiger charge is -2.17. The van der Waals surface area contributed by atoms with Gasteiger partial charge in [0.25, 0.3) is 0 Å². The second-order valence-corrected chi connectivity index (χ2v) is 6.19. The molecule has 0 atom stereocenters. The SMILES string of the molecule is O=C(Cc1cccc(OC(F)F)c1)N1CCc2cc(Br)ccc21. The summed E-state index contributed by atoms with van der Waals surface area (Å²) in [6, 6.07) is 12.1. The first-order valence-electron chi connectivity index (χ1n) is 7.15. The van der Waals surface area contributed by atoms with Crippen LogP contribution in [0.2, 0.25) is 0 Å². The molecule has 2 aromatic carbocycles. The van der Waals surface area contributed by atoms with E-state index in [0.29, 0.717) is 12.1 Å². The number of nitrogens with zero attached hydrogens (tertiary/aromatic N) is 1. The predicted molar refractivity (Wildman–Crippen MR) is 87.0 cm³/mol. The lowest BCUT2D eigenvalue weighted by Crippen LogP contribution is -2.30. The van der Waals surface area contributed by atoms with Crippen LogP contribution >= 0.6 is 15.9 Å². The van der Waals surface area contributed by atoms with Crippen molar-refractivity contribution < 1.29 is 18.3 Å². The van der Waals surface area contributed by atoms with Gasteiger partial charge in [-0.3, -0.25) is 4.79 Å². The van der Waals surface area contributed by atoms with Gasteiger partial charge in [0.1, 0.15) is 5.75 Å². The van der Waals surface area contributed by atoms with E-state index in [0.717, 1.165) is 22.1 Å². The summed E-state index contributed by atoms with van der Waals surface area (Å²) in [4.78, 5) is 14.3. The van der Waals surface area contributed by atoms with Gasteiger partial charge < -0.3 is 9.64 Å². The van der Waals surface area contributed by atoms with Gasteiger partial charge in [0, 0.05) is 16.7 Å². The van der Waals surface area contributed by atoms with E-state index >= 15 is 0 Å². The third kappa shape index (κ3) is 3.69. The van der Waals surface area contributed by atoms with Crippen LogP contribution in [0.4, 0.5) is 14.5 Å². The second-order valence-electron chi connectivity index (χ2n) is 5.27. The van der Waals surface area contributed by atoms with Crippen molar-refractivity contribution in [3.05, 3.63) is 58.1 Å². The van der Waals surface area contributed by atoms with E-state index in [4.69, 9.17) is 0 Å². The standard InChI is InChI=1S/C17H14BrF2NO2/c18-13-4-5-15-12(10-13)6-7-21(15)16(22)9-11-2-1-3-14(8-11)23-17(19)20/h1-5,8,10,17H,6-7,9H2. The Kier molecular flexibility index (Phi) is 4.61. The highest BCUT2D eigenvalue weighted by atomic mass is 79.9. The van der Waals surface area contributed by atoms with Crippen molar-refractivity contribution in [3.8, 4) is 5.75 Å². The Labute approximate surface area is 141 Å². The fraction of sp³-hybridized carbons (Fsp3) is 0.235. The molecule has 1 aliphatic rings. The number of hydrogen-bond acceptors (Lipinski definition) is 2. The largest absolute Gasteiger partial charge is 0.435 e. The van der Waals surface area contributed by atoms with E-state index in [9.17, 15) is 13.6 Å². The number of carbonyl (C=O) groups is 1. The molecule has 6 heteroatoms. The molecule has 2 aromatic rings. The summed E-state index contributed by atoms with van der Waals surface area (Å²) >= 11 is 3.42. The summed E-state index contributed by atoms with van der Waals surface area (Å²) in [6.07, 6.45) is 0.963. The van der Waals surface area contributed by atoms with Crippen LogP contribution < -0.4 is 9.64 Å². The molecular weight excluding hydrogens is 368 g/mol. The van der Waals surface area contributed by atoms with Gasteiger partial charge in [0.2, 0.25) is 5.91 Å². The number of hydrogen-bond donors (Lipinski definition) is 0. The summed E-state index contributed by atoms with van der Waals surface area (Å²) in [7, 11) is 0. The van der Waals surface area contributed by atoms with Crippen LogP contribution in [0, 0.1) is 0 Å². The molecule has 0 radical (unpaired) electrons. The molecule has 1 aliphatic heterocycles. The zero-order valence-corrected chi connectivity index (χ0v) is 13.7. The number of rotatable bonds is 4. The highest BCUT2D eigenvalue weighted by Gasteiger charge is 2.24. The maximum Gasteiger partial charge on any atom is 0.387 e. The monoisotopic (exact) mass is 381 g/mol. The Hall–Kier alpha value is -1.95. The molecule has 0 aliphatic carbocycles. The van der Waals surface area contributed by atoms with Gasteiger partial charge in [-0.25, -0.2) is 0 Å². The molecule has 23 heavy (non-hydrogen) atoms. The van der Waals surface area contributed by atoms with Gasteiger partial charge in [0.05, 0.1) is 6.42 Å². The Morgan fingerprint density at radius 2 is 2.09 bits per heavy atom. The number of ether oxygens (including phenoxy) is 1. The number of amides is 1. The van der Waals surface area contributed by atoms with E-state index in [1.54, 1.807) is 17.0 Å². The molecule has 0 fully saturated rings. The van der Waals surface area contributed by atoms with Gasteiger partial charge >= 0.3 is 6.61 Å². The molecule has 120 valence electrons. The van der Waals surface area contributed by atoms with Crippen molar-refractivity contribution in [2.24, 2.45) is 0 Å². The molecule has 1 heterocycles. The maximum absolute atomic E-state index is 12.5. The molecule has 1 amide bonds. The van der Waals surface area contributed by atoms with Crippen LogP contribution in [0.25, 0.3) is 0 Å². The zero-order chi connectivity index (χ0) is 16.4. The van der Waals surface area contributed by atoms with Gasteiger partial charge in [-0.2, -0.15) is 8.78 Å². The molecule has 0 saturated carbocycles. The van der Waals surface area contributed by atoms with Crippen LogP contribution in [0.5, 0.6) is 5.75 Å². The van der Waals surface area contributed by atoms with Crippen molar-refractivity contribution in [1.82, 2.24) is 0 Å². The smallest absolute Gasteiger partial charge is 0.387 e. The summed E-state index contributed by atoms with van der Waals surface area (Å²) in [5.41, 5.74) is 2.69. The lowest BCUT2D eigenvalue weighted by molar-refractivity contribution is -0.117. The molecule has 0 bridgehead atoms. The van der Waals surface area contributed by atoms with Gasteiger partial charge in [-0.1, -0.05) is 28.1 Å². The fourth-order valence-electron chi connectivity index (χ4n) is 2.73. The van der Waals surface area contributed by atoms with Crippen molar-refractivity contribution in [2.45, 2.75) is 19.5 Å². The van der Waals surface area contributed by atoms with Crippen LogP contribution in [0.1, 0.15) is 11.1 Å². The quantitative estimate of drug-likeness (QED) is 0.794. The van der Waals surface area contributed by atoms with Crippen molar-refractivity contribution in [3.63, 3.8) is 0 Å². The molecular formula is C17H14BrF2NO2. The van der Waals surface area contributed by atoms with E-state index in [-0.39, 0.29) is 18.1 Å². The first-order valence-corrected chi connectivity index (χ1v) is 7.95. The van der Waals surface area contributed by atoms with Gasteiger partial charge in [-0.15, -0.1) is 0 Å². The van der Waals surface area contributed by atoms with Crippen LogP contribution in [-0.4, -0.2) is 19.1 Å². The summed E-state index contributed by atoms with van der Waals surface area (Å²) in [5, 5.41) is 0. The maximum atomic E-state index is 12.5. The normalized spacial score (nSPS) is 13.3. The molecule has 3 nitrogen and oxygen atoms in total. The Bertz CT molecular complexity index is 736. The lowest BCUT2D eigenvalue weighted by atomic mass is 10.1. The number of fused-ring (bicyclic) bond motifs is 1. The topological polar surface area (TPSA) is 29.5 Å². The third-order valence-corrected chi connectivity index (χ3v) is 4.21. The highest BCUT2D eigenvalue weighted by molar-refractivity contribution is 9.10. The number of carbonyl (C=O) groups excluding carboxylic acids is 1. The van der Waals surface area contributed by atoms with Gasteiger partial charge in [0.15, 0.2) is 0 Å². The average Bonchev–Trinajstić information content (AvgIpc) is 2.89. The van der Waals surface area contributed by atoms with Crippen molar-refractivity contribution in [1.29, 1.82) is 0 Å². The fourth-order valence-corrected chi connectivity index (χ4v) is 3.14. The molecule has 0 spiro atoms. The van der Waals surface area contributed by atoms with E-state index in [1.807, 2.05) is 18.2 Å². The minimum atomic E-state index is -2.87. The number of anilines is 1. The number of benzene rings is 2. The Morgan fingerprint density at radius 3 is 2.87 bits per heavy atom. The summed E-state index contributed by atoms with van der Waals surface area (Å²) in [5.74, 6) is 0.0105. The van der Waals surface area contributed by atoms with Crippen molar-refractivity contribution in [2.75, 3.05) is 11.4 Å². The summed E-state index contributed by atoms with van der Waals surface area (Å²) in [6.45, 7) is -2.23. The van der Waals surface area contributed by atoms with E-state index < -0.39 is 6.61 Å². The third-order valence-electron chi connectivity index (χ3n) is 3.72. The summed E-state index contributed by atoms with van der Waals surface area (Å²) < 4.78 is 29.9. The molecule has 0 N–H and O–H groups in total. The van der Waals surface area contributed by atoms with E-state index in [1.165, 1.54) is 12.1 Å². The predicted octanol–water partition coefficient (Wildman–Crippen LogP) is 4.18. The minimum Gasteiger partial charge on any atom is -0.435 e. The first-order chi connectivity index (χ1) is 11.0. The van der Waals surface area contributed by atoms with E-state index in [2.05, 4.69) is 20.7 Å².